The Labute approximate surface area is 155 Å². The van der Waals surface area contributed by atoms with Gasteiger partial charge in [-0.3, -0.25) is 9.59 Å². The number of carbonyl (C=O) groups is 2. The Morgan fingerprint density at radius 2 is 1.88 bits per heavy atom. The molecule has 0 atom stereocenters. The lowest BCUT2D eigenvalue weighted by molar-refractivity contribution is -0.118. The van der Waals surface area contributed by atoms with Gasteiger partial charge in [-0.25, -0.2) is 0 Å². The molecule has 0 spiro atoms. The maximum absolute atomic E-state index is 12.3. The summed E-state index contributed by atoms with van der Waals surface area (Å²) in [4.78, 5) is 24.4. The second-order valence-corrected chi connectivity index (χ2v) is 6.86. The number of anilines is 1. The van der Waals surface area contributed by atoms with Crippen molar-refractivity contribution in [3.8, 4) is 5.75 Å². The maximum Gasteiger partial charge on any atom is 0.262 e. The van der Waals surface area contributed by atoms with E-state index < -0.39 is 0 Å². The predicted molar refractivity (Wildman–Crippen MR) is 102 cm³/mol. The average molecular weight is 405 g/mol. The van der Waals surface area contributed by atoms with E-state index in [0.717, 1.165) is 4.47 Å². The number of halogens is 1. The molecule has 0 heterocycles. The van der Waals surface area contributed by atoms with Crippen LogP contribution in [-0.4, -0.2) is 25.0 Å². The van der Waals surface area contributed by atoms with E-state index >= 15 is 0 Å². The van der Waals surface area contributed by atoms with Crippen LogP contribution in [0.1, 0.15) is 24.2 Å². The highest BCUT2D eigenvalue weighted by atomic mass is 79.9. The molecule has 0 fully saturated rings. The molecular formula is C19H21BrN2O3. The van der Waals surface area contributed by atoms with E-state index in [1.165, 1.54) is 0 Å². The molecule has 0 saturated heterocycles. The first kappa shape index (κ1) is 19.0. The molecule has 2 amide bonds. The molecule has 0 aromatic heterocycles. The van der Waals surface area contributed by atoms with Gasteiger partial charge in [0, 0.05) is 11.0 Å². The zero-order valence-electron chi connectivity index (χ0n) is 14.2. The number of para-hydroxylation sites is 1. The number of ether oxygens (including phenoxy) is 1. The van der Waals surface area contributed by atoms with Crippen LogP contribution in [0.4, 0.5) is 5.69 Å². The van der Waals surface area contributed by atoms with Crippen molar-refractivity contribution in [1.29, 1.82) is 0 Å². The first-order valence-electron chi connectivity index (χ1n) is 8.01. The number of nitrogens with one attached hydrogen (secondary N) is 2. The van der Waals surface area contributed by atoms with E-state index in [1.54, 1.807) is 36.4 Å². The molecule has 5 nitrogen and oxygen atoms in total. The second-order valence-electron chi connectivity index (χ2n) is 5.94. The van der Waals surface area contributed by atoms with Crippen molar-refractivity contribution in [3.05, 3.63) is 58.6 Å². The minimum absolute atomic E-state index is 0.140. The highest BCUT2D eigenvalue weighted by Crippen LogP contribution is 2.18. The summed E-state index contributed by atoms with van der Waals surface area (Å²) in [5, 5.41) is 5.58. The molecule has 2 aromatic rings. The number of hydrogen-bond donors (Lipinski definition) is 2. The third-order valence-electron chi connectivity index (χ3n) is 3.28. The van der Waals surface area contributed by atoms with Gasteiger partial charge in [-0.2, -0.15) is 0 Å². The largest absolute Gasteiger partial charge is 0.484 e. The van der Waals surface area contributed by atoms with Crippen LogP contribution in [0.5, 0.6) is 5.75 Å². The molecule has 25 heavy (non-hydrogen) atoms. The Hall–Kier alpha value is -2.34. The molecule has 2 N–H and O–H groups in total. The third-order valence-corrected chi connectivity index (χ3v) is 3.78. The monoisotopic (exact) mass is 404 g/mol. The maximum atomic E-state index is 12.3. The van der Waals surface area contributed by atoms with Crippen molar-refractivity contribution in [2.45, 2.75) is 13.8 Å². The van der Waals surface area contributed by atoms with Crippen molar-refractivity contribution in [2.24, 2.45) is 5.92 Å². The van der Waals surface area contributed by atoms with Gasteiger partial charge in [-0.1, -0.05) is 48.0 Å². The smallest absolute Gasteiger partial charge is 0.262 e. The van der Waals surface area contributed by atoms with Crippen molar-refractivity contribution in [1.82, 2.24) is 5.32 Å². The molecular weight excluding hydrogens is 384 g/mol. The van der Waals surface area contributed by atoms with Crippen molar-refractivity contribution in [3.63, 3.8) is 0 Å². The molecule has 0 saturated carbocycles. The van der Waals surface area contributed by atoms with Crippen LogP contribution in [0, 0.1) is 5.92 Å². The summed E-state index contributed by atoms with van der Waals surface area (Å²) in [5.74, 6) is 0.401. The van der Waals surface area contributed by atoms with Gasteiger partial charge in [0.25, 0.3) is 11.8 Å². The minimum atomic E-state index is -0.330. The standard InChI is InChI=1S/C19H21BrN2O3/c1-13(2)11-21-19(24)16-8-3-4-9-17(16)22-18(23)12-25-15-7-5-6-14(20)10-15/h3-10,13H,11-12H2,1-2H3,(H,21,24)(H,22,23). The van der Waals surface area contributed by atoms with Gasteiger partial charge in [0.05, 0.1) is 11.3 Å². The Kier molecular flexibility index (Phi) is 7.01. The SMILES string of the molecule is CC(C)CNC(=O)c1ccccc1NC(=O)COc1cccc(Br)c1. The van der Waals surface area contributed by atoms with E-state index in [2.05, 4.69) is 26.6 Å². The summed E-state index contributed by atoms with van der Waals surface area (Å²) in [5.41, 5.74) is 0.894. The highest BCUT2D eigenvalue weighted by molar-refractivity contribution is 9.10. The first-order valence-corrected chi connectivity index (χ1v) is 8.80. The van der Waals surface area contributed by atoms with Gasteiger partial charge in [-0.15, -0.1) is 0 Å². The van der Waals surface area contributed by atoms with Crippen LogP contribution in [0.25, 0.3) is 0 Å². The van der Waals surface area contributed by atoms with Gasteiger partial charge in [-0.05, 0) is 36.2 Å². The molecule has 0 radical (unpaired) electrons. The lowest BCUT2D eigenvalue weighted by Gasteiger charge is -2.13. The molecule has 132 valence electrons. The van der Waals surface area contributed by atoms with Crippen LogP contribution in [0.15, 0.2) is 53.0 Å². The van der Waals surface area contributed by atoms with Gasteiger partial charge in [0.2, 0.25) is 0 Å². The number of carbonyl (C=O) groups excluding carboxylic acids is 2. The fourth-order valence-electron chi connectivity index (χ4n) is 2.07. The van der Waals surface area contributed by atoms with Crippen LogP contribution in [-0.2, 0) is 4.79 Å². The van der Waals surface area contributed by atoms with Gasteiger partial charge in [0.15, 0.2) is 6.61 Å². The van der Waals surface area contributed by atoms with Crippen LogP contribution in [0.3, 0.4) is 0 Å². The molecule has 0 aliphatic carbocycles. The summed E-state index contributed by atoms with van der Waals surface area (Å²) in [6.07, 6.45) is 0. The summed E-state index contributed by atoms with van der Waals surface area (Å²) in [6.45, 7) is 4.48. The summed E-state index contributed by atoms with van der Waals surface area (Å²) in [6, 6.07) is 14.2. The predicted octanol–water partition coefficient (Wildman–Crippen LogP) is 3.85. The molecule has 2 rings (SSSR count). The minimum Gasteiger partial charge on any atom is -0.484 e. The second kappa shape index (κ2) is 9.22. The number of hydrogen-bond acceptors (Lipinski definition) is 3. The topological polar surface area (TPSA) is 67.4 Å². The lowest BCUT2D eigenvalue weighted by Crippen LogP contribution is -2.29. The Morgan fingerprint density at radius 1 is 1.12 bits per heavy atom. The Morgan fingerprint density at radius 3 is 2.60 bits per heavy atom. The van der Waals surface area contributed by atoms with E-state index in [9.17, 15) is 9.59 Å². The summed E-state index contributed by atoms with van der Waals surface area (Å²) < 4.78 is 6.33. The highest BCUT2D eigenvalue weighted by Gasteiger charge is 2.13. The normalized spacial score (nSPS) is 10.4. The molecule has 2 aromatic carbocycles. The lowest BCUT2D eigenvalue weighted by atomic mass is 10.1. The third kappa shape index (κ3) is 6.23. The Balaban J connectivity index is 1.97. The van der Waals surface area contributed by atoms with Crippen LogP contribution < -0.4 is 15.4 Å². The molecule has 0 aliphatic heterocycles. The van der Waals surface area contributed by atoms with E-state index in [1.807, 2.05) is 26.0 Å². The molecule has 0 bridgehead atoms. The quantitative estimate of drug-likeness (QED) is 0.736. The zero-order valence-corrected chi connectivity index (χ0v) is 15.8. The van der Waals surface area contributed by atoms with Crippen LogP contribution >= 0.6 is 15.9 Å². The first-order chi connectivity index (χ1) is 12.0. The number of rotatable bonds is 7. The number of amides is 2. The summed E-state index contributed by atoms with van der Waals surface area (Å²) in [7, 11) is 0. The van der Waals surface area contributed by atoms with Gasteiger partial charge in [0.1, 0.15) is 5.75 Å². The van der Waals surface area contributed by atoms with Gasteiger partial charge < -0.3 is 15.4 Å². The van der Waals surface area contributed by atoms with Crippen LogP contribution in [0.2, 0.25) is 0 Å². The fourth-order valence-corrected chi connectivity index (χ4v) is 2.45. The van der Waals surface area contributed by atoms with E-state index in [0.29, 0.717) is 29.5 Å². The number of benzene rings is 2. The van der Waals surface area contributed by atoms with Crippen molar-refractivity contribution >= 4 is 33.4 Å². The molecule has 6 heteroatoms. The summed E-state index contributed by atoms with van der Waals surface area (Å²) >= 11 is 3.35. The fraction of sp³-hybridized carbons (Fsp3) is 0.263. The Bertz CT molecular complexity index is 747. The zero-order chi connectivity index (χ0) is 18.2. The van der Waals surface area contributed by atoms with Crippen molar-refractivity contribution < 1.29 is 14.3 Å². The molecule has 0 unspecified atom stereocenters. The average Bonchev–Trinajstić information content (AvgIpc) is 2.58. The molecule has 0 aliphatic rings. The van der Waals surface area contributed by atoms with E-state index in [-0.39, 0.29) is 18.4 Å². The van der Waals surface area contributed by atoms with Crippen molar-refractivity contribution in [2.75, 3.05) is 18.5 Å². The van der Waals surface area contributed by atoms with E-state index in [4.69, 9.17) is 4.74 Å². The van der Waals surface area contributed by atoms with Gasteiger partial charge >= 0.3 is 0 Å².